The lowest BCUT2D eigenvalue weighted by atomic mass is 10.1. The van der Waals surface area contributed by atoms with E-state index in [0.717, 1.165) is 24.3 Å². The minimum Gasteiger partial charge on any atom is -0.372 e. The van der Waals surface area contributed by atoms with E-state index in [1.54, 1.807) is 4.90 Å². The van der Waals surface area contributed by atoms with Crippen LogP contribution in [0.4, 0.5) is 5.69 Å². The van der Waals surface area contributed by atoms with Crippen LogP contribution in [0, 0.1) is 0 Å². The molecule has 0 spiro atoms. The monoisotopic (exact) mass is 400 g/mol. The summed E-state index contributed by atoms with van der Waals surface area (Å²) in [5, 5.41) is -0.545. The Balaban J connectivity index is 1.75. The van der Waals surface area contributed by atoms with Crippen molar-refractivity contribution in [3.8, 4) is 0 Å². The van der Waals surface area contributed by atoms with E-state index in [0.29, 0.717) is 18.5 Å². The van der Waals surface area contributed by atoms with Crippen molar-refractivity contribution in [3.05, 3.63) is 65.7 Å². The van der Waals surface area contributed by atoms with E-state index in [1.165, 1.54) is 0 Å². The van der Waals surface area contributed by atoms with Gasteiger partial charge in [0.05, 0.1) is 11.0 Å². The minimum atomic E-state index is -3.29. The smallest absolute Gasteiger partial charge is 0.253 e. The van der Waals surface area contributed by atoms with Gasteiger partial charge in [0, 0.05) is 37.4 Å². The molecule has 6 heteroatoms. The first kappa shape index (κ1) is 20.4. The second kappa shape index (κ2) is 8.78. The van der Waals surface area contributed by atoms with Gasteiger partial charge in [-0.15, -0.1) is 0 Å². The van der Waals surface area contributed by atoms with Crippen LogP contribution in [0.25, 0.3) is 0 Å². The number of carbonyl (C=O) groups excluding carboxylic acids is 1. The summed E-state index contributed by atoms with van der Waals surface area (Å²) in [6.45, 7) is 6.70. The normalized spacial score (nSPS) is 19.1. The number of hydrogen-bond acceptors (Lipinski definition) is 4. The van der Waals surface area contributed by atoms with Crippen LogP contribution in [0.2, 0.25) is 0 Å². The molecule has 0 bridgehead atoms. The van der Waals surface area contributed by atoms with Crippen LogP contribution >= 0.6 is 0 Å². The Labute approximate surface area is 167 Å². The molecule has 1 amide bonds. The largest absolute Gasteiger partial charge is 0.372 e. The van der Waals surface area contributed by atoms with Gasteiger partial charge in [-0.25, -0.2) is 8.42 Å². The van der Waals surface area contributed by atoms with Gasteiger partial charge < -0.3 is 9.80 Å². The molecule has 2 aromatic rings. The Morgan fingerprint density at radius 3 is 2.25 bits per heavy atom. The average Bonchev–Trinajstić information content (AvgIpc) is 2.87. The Hall–Kier alpha value is -2.34. The van der Waals surface area contributed by atoms with Gasteiger partial charge >= 0.3 is 0 Å². The molecular formula is C22H28N2O3S. The first-order valence-electron chi connectivity index (χ1n) is 9.87. The van der Waals surface area contributed by atoms with Gasteiger partial charge in [0.2, 0.25) is 0 Å². The number of benzene rings is 2. The zero-order valence-electron chi connectivity index (χ0n) is 16.5. The van der Waals surface area contributed by atoms with Gasteiger partial charge in [-0.05, 0) is 50.1 Å². The molecule has 150 valence electrons. The summed E-state index contributed by atoms with van der Waals surface area (Å²) in [5.41, 5.74) is 2.50. The molecule has 2 aromatic carbocycles. The Morgan fingerprint density at radius 2 is 1.64 bits per heavy atom. The van der Waals surface area contributed by atoms with E-state index in [-0.39, 0.29) is 18.2 Å². The molecule has 1 aliphatic heterocycles. The predicted octanol–water partition coefficient (Wildman–Crippen LogP) is 3.53. The highest BCUT2D eigenvalue weighted by Gasteiger charge is 2.32. The van der Waals surface area contributed by atoms with E-state index in [2.05, 4.69) is 18.7 Å². The third kappa shape index (κ3) is 4.38. The van der Waals surface area contributed by atoms with Gasteiger partial charge in [-0.2, -0.15) is 0 Å². The van der Waals surface area contributed by atoms with Crippen LogP contribution in [0.15, 0.2) is 54.6 Å². The average molecular weight is 401 g/mol. The number of anilines is 1. The maximum Gasteiger partial charge on any atom is 0.253 e. The molecule has 1 atom stereocenters. The predicted molar refractivity (Wildman–Crippen MR) is 113 cm³/mol. The van der Waals surface area contributed by atoms with Crippen molar-refractivity contribution < 1.29 is 13.2 Å². The molecule has 5 nitrogen and oxygen atoms in total. The number of carbonyl (C=O) groups is 1. The van der Waals surface area contributed by atoms with E-state index >= 15 is 0 Å². The summed E-state index contributed by atoms with van der Waals surface area (Å²) in [5.74, 6) is -0.106. The molecule has 1 heterocycles. The van der Waals surface area contributed by atoms with Crippen molar-refractivity contribution in [2.75, 3.05) is 36.8 Å². The molecule has 1 aliphatic rings. The second-order valence-corrected chi connectivity index (χ2v) is 9.37. The number of amides is 1. The summed E-state index contributed by atoms with van der Waals surface area (Å²) in [6.07, 6.45) is 0.426. The fraction of sp³-hybridized carbons (Fsp3) is 0.409. The van der Waals surface area contributed by atoms with Gasteiger partial charge in [0.25, 0.3) is 5.91 Å². The van der Waals surface area contributed by atoms with Crippen LogP contribution < -0.4 is 4.90 Å². The van der Waals surface area contributed by atoms with Crippen molar-refractivity contribution >= 4 is 21.4 Å². The standard InChI is InChI=1S/C22H28N2O3S/c1-3-23(4-2)20-12-10-19(11-13-20)22(25)24-15-14-21(28(26,27)17-16-24)18-8-6-5-7-9-18/h5-13,21H,3-4,14-17H2,1-2H3. The molecule has 0 radical (unpaired) electrons. The zero-order valence-corrected chi connectivity index (χ0v) is 17.4. The van der Waals surface area contributed by atoms with Crippen LogP contribution in [0.5, 0.6) is 0 Å². The van der Waals surface area contributed by atoms with Crippen LogP contribution in [-0.2, 0) is 9.84 Å². The van der Waals surface area contributed by atoms with Gasteiger partial charge in [0.15, 0.2) is 9.84 Å². The zero-order chi connectivity index (χ0) is 20.1. The Kier molecular flexibility index (Phi) is 6.39. The lowest BCUT2D eigenvalue weighted by Gasteiger charge is -2.23. The van der Waals surface area contributed by atoms with Crippen LogP contribution in [0.1, 0.15) is 41.4 Å². The molecule has 1 saturated heterocycles. The molecular weight excluding hydrogens is 372 g/mol. The number of sulfone groups is 1. The first-order chi connectivity index (χ1) is 13.5. The van der Waals surface area contributed by atoms with Crippen molar-refractivity contribution in [2.45, 2.75) is 25.5 Å². The maximum absolute atomic E-state index is 12.9. The highest BCUT2D eigenvalue weighted by molar-refractivity contribution is 7.91. The van der Waals surface area contributed by atoms with E-state index in [1.807, 2.05) is 54.6 Å². The quantitative estimate of drug-likeness (QED) is 0.770. The van der Waals surface area contributed by atoms with Crippen LogP contribution in [0.3, 0.4) is 0 Å². The van der Waals surface area contributed by atoms with E-state index in [4.69, 9.17) is 0 Å². The molecule has 28 heavy (non-hydrogen) atoms. The second-order valence-electron chi connectivity index (χ2n) is 7.07. The Morgan fingerprint density at radius 1 is 1.00 bits per heavy atom. The highest BCUT2D eigenvalue weighted by atomic mass is 32.2. The molecule has 0 aromatic heterocycles. The van der Waals surface area contributed by atoms with E-state index < -0.39 is 15.1 Å². The summed E-state index contributed by atoms with van der Waals surface area (Å²) >= 11 is 0. The lowest BCUT2D eigenvalue weighted by molar-refractivity contribution is 0.0766. The van der Waals surface area contributed by atoms with E-state index in [9.17, 15) is 13.2 Å². The lowest BCUT2D eigenvalue weighted by Crippen LogP contribution is -2.33. The SMILES string of the molecule is CCN(CC)c1ccc(C(=O)N2CCC(c3ccccc3)S(=O)(=O)CC2)cc1. The van der Waals surface area contributed by atoms with Gasteiger partial charge in [-0.1, -0.05) is 30.3 Å². The third-order valence-electron chi connectivity index (χ3n) is 5.44. The molecule has 0 N–H and O–H groups in total. The molecule has 1 fully saturated rings. The number of nitrogens with zero attached hydrogens (tertiary/aromatic N) is 2. The first-order valence-corrected chi connectivity index (χ1v) is 11.6. The van der Waals surface area contributed by atoms with Crippen LogP contribution in [-0.4, -0.2) is 51.2 Å². The molecule has 3 rings (SSSR count). The minimum absolute atomic E-state index is 0.00414. The molecule has 1 unspecified atom stereocenters. The number of rotatable bonds is 5. The summed E-state index contributed by atoms with van der Waals surface area (Å²) in [7, 11) is -3.29. The summed E-state index contributed by atoms with van der Waals surface area (Å²) < 4.78 is 25.5. The summed E-state index contributed by atoms with van der Waals surface area (Å²) in [4.78, 5) is 16.8. The fourth-order valence-corrected chi connectivity index (χ4v) is 5.57. The maximum atomic E-state index is 12.9. The van der Waals surface area contributed by atoms with Crippen molar-refractivity contribution in [1.29, 1.82) is 0 Å². The van der Waals surface area contributed by atoms with Crippen molar-refractivity contribution in [1.82, 2.24) is 4.90 Å². The van der Waals surface area contributed by atoms with Crippen molar-refractivity contribution in [2.24, 2.45) is 0 Å². The van der Waals surface area contributed by atoms with Gasteiger partial charge in [-0.3, -0.25) is 4.79 Å². The highest BCUT2D eigenvalue weighted by Crippen LogP contribution is 2.29. The van der Waals surface area contributed by atoms with Gasteiger partial charge in [0.1, 0.15) is 0 Å². The number of hydrogen-bond donors (Lipinski definition) is 0. The summed E-state index contributed by atoms with van der Waals surface area (Å²) in [6, 6.07) is 16.9. The Bertz CT molecular complexity index is 891. The molecule has 0 aliphatic carbocycles. The third-order valence-corrected chi connectivity index (χ3v) is 7.57. The topological polar surface area (TPSA) is 57.7 Å². The fourth-order valence-electron chi connectivity index (χ4n) is 3.78. The molecule has 0 saturated carbocycles. The van der Waals surface area contributed by atoms with Crippen molar-refractivity contribution in [3.63, 3.8) is 0 Å².